The molecule has 0 bridgehead atoms. The largest absolute Gasteiger partial charge is 0.0838 e. The summed E-state index contributed by atoms with van der Waals surface area (Å²) in [7, 11) is 0. The standard InChI is InChI=1S/C16H16/c1-3-12-9-10-14-6-4-5-13-8-7-11(2)15(12)16(13)14/h3-8H,9-10H2,1-2H3/b12-3-. The zero-order chi connectivity index (χ0) is 11.1. The van der Waals surface area contributed by atoms with E-state index in [2.05, 4.69) is 50.3 Å². The minimum atomic E-state index is 1.19. The molecule has 2 aromatic carbocycles. The molecule has 0 aliphatic heterocycles. The van der Waals surface area contributed by atoms with Gasteiger partial charge in [-0.1, -0.05) is 36.4 Å². The Morgan fingerprint density at radius 1 is 1.06 bits per heavy atom. The fourth-order valence-electron chi connectivity index (χ4n) is 2.86. The van der Waals surface area contributed by atoms with Crippen molar-refractivity contribution in [2.24, 2.45) is 0 Å². The highest BCUT2D eigenvalue weighted by Crippen LogP contribution is 2.37. The van der Waals surface area contributed by atoms with Gasteiger partial charge in [0.1, 0.15) is 0 Å². The van der Waals surface area contributed by atoms with E-state index < -0.39 is 0 Å². The molecule has 0 aromatic heterocycles. The molecule has 0 unspecified atom stereocenters. The van der Waals surface area contributed by atoms with Gasteiger partial charge in [-0.25, -0.2) is 0 Å². The van der Waals surface area contributed by atoms with Gasteiger partial charge in [-0.2, -0.15) is 0 Å². The summed E-state index contributed by atoms with van der Waals surface area (Å²) in [4.78, 5) is 0. The summed E-state index contributed by atoms with van der Waals surface area (Å²) in [5.74, 6) is 0. The van der Waals surface area contributed by atoms with E-state index in [0.29, 0.717) is 0 Å². The Morgan fingerprint density at radius 2 is 1.94 bits per heavy atom. The SMILES string of the molecule is C/C=C1/CCc2cccc3ccc(C)c1c23. The summed E-state index contributed by atoms with van der Waals surface area (Å²) < 4.78 is 0. The van der Waals surface area contributed by atoms with Gasteiger partial charge in [-0.3, -0.25) is 0 Å². The molecule has 0 fully saturated rings. The molecule has 0 saturated heterocycles. The van der Waals surface area contributed by atoms with Crippen molar-refractivity contribution in [3.63, 3.8) is 0 Å². The second kappa shape index (κ2) is 3.48. The maximum Gasteiger partial charge on any atom is -0.00739 e. The van der Waals surface area contributed by atoms with Crippen LogP contribution in [-0.4, -0.2) is 0 Å². The Labute approximate surface area is 96.6 Å². The van der Waals surface area contributed by atoms with Gasteiger partial charge in [0.25, 0.3) is 0 Å². The molecule has 0 atom stereocenters. The molecular weight excluding hydrogens is 192 g/mol. The Bertz CT molecular complexity index is 588. The average Bonchev–Trinajstić information content (AvgIpc) is 2.33. The summed E-state index contributed by atoms with van der Waals surface area (Å²) in [6.45, 7) is 4.38. The molecule has 0 nitrogen and oxygen atoms in total. The second-order valence-electron chi connectivity index (χ2n) is 4.59. The average molecular weight is 208 g/mol. The summed E-state index contributed by atoms with van der Waals surface area (Å²) in [6, 6.07) is 11.2. The Kier molecular flexibility index (Phi) is 2.10. The van der Waals surface area contributed by atoms with E-state index in [1.807, 2.05) is 0 Å². The third-order valence-corrected chi connectivity index (χ3v) is 3.67. The van der Waals surface area contributed by atoms with E-state index in [-0.39, 0.29) is 0 Å². The topological polar surface area (TPSA) is 0 Å². The quantitative estimate of drug-likeness (QED) is 0.598. The van der Waals surface area contributed by atoms with E-state index in [9.17, 15) is 0 Å². The van der Waals surface area contributed by atoms with Crippen LogP contribution in [0.15, 0.2) is 36.4 Å². The van der Waals surface area contributed by atoms with Crippen LogP contribution >= 0.6 is 0 Å². The van der Waals surface area contributed by atoms with Gasteiger partial charge in [0.2, 0.25) is 0 Å². The van der Waals surface area contributed by atoms with Crippen molar-refractivity contribution in [3.05, 3.63) is 53.1 Å². The number of aryl methyl sites for hydroxylation is 2. The first kappa shape index (κ1) is 9.65. The molecule has 0 heterocycles. The minimum absolute atomic E-state index is 1.19. The molecule has 0 amide bonds. The highest BCUT2D eigenvalue weighted by Gasteiger charge is 2.17. The van der Waals surface area contributed by atoms with Gasteiger partial charge in [-0.05, 0) is 59.7 Å². The van der Waals surface area contributed by atoms with E-state index in [0.717, 1.165) is 0 Å². The molecule has 0 N–H and O–H groups in total. The fraction of sp³-hybridized carbons (Fsp3) is 0.250. The van der Waals surface area contributed by atoms with Crippen molar-refractivity contribution in [2.45, 2.75) is 26.7 Å². The summed E-state index contributed by atoms with van der Waals surface area (Å²) in [6.07, 6.45) is 4.65. The Balaban J connectivity index is 2.51. The van der Waals surface area contributed by atoms with Crippen LogP contribution in [0.25, 0.3) is 16.3 Å². The molecule has 0 heteroatoms. The van der Waals surface area contributed by atoms with Crippen LogP contribution < -0.4 is 0 Å². The van der Waals surface area contributed by atoms with Crippen molar-refractivity contribution >= 4 is 16.3 Å². The van der Waals surface area contributed by atoms with Gasteiger partial charge in [0, 0.05) is 0 Å². The maximum atomic E-state index is 2.28. The lowest BCUT2D eigenvalue weighted by molar-refractivity contribution is 1.01. The maximum absolute atomic E-state index is 2.28. The van der Waals surface area contributed by atoms with E-state index in [1.54, 1.807) is 0 Å². The number of hydrogen-bond acceptors (Lipinski definition) is 0. The van der Waals surface area contributed by atoms with Gasteiger partial charge in [-0.15, -0.1) is 0 Å². The molecule has 3 rings (SSSR count). The lowest BCUT2D eigenvalue weighted by Crippen LogP contribution is -2.02. The van der Waals surface area contributed by atoms with Crippen LogP contribution in [0.3, 0.4) is 0 Å². The molecule has 2 aromatic rings. The van der Waals surface area contributed by atoms with Crippen LogP contribution in [0.4, 0.5) is 0 Å². The predicted octanol–water partition coefficient (Wildman–Crippen LogP) is 4.50. The summed E-state index contributed by atoms with van der Waals surface area (Å²) in [5, 5.41) is 2.87. The first-order valence-corrected chi connectivity index (χ1v) is 5.98. The van der Waals surface area contributed by atoms with E-state index in [4.69, 9.17) is 0 Å². The van der Waals surface area contributed by atoms with Crippen LogP contribution in [0.5, 0.6) is 0 Å². The molecule has 16 heavy (non-hydrogen) atoms. The van der Waals surface area contributed by atoms with Crippen molar-refractivity contribution in [1.29, 1.82) is 0 Å². The van der Waals surface area contributed by atoms with Crippen molar-refractivity contribution in [2.75, 3.05) is 0 Å². The lowest BCUT2D eigenvalue weighted by atomic mass is 9.83. The predicted molar refractivity (Wildman–Crippen MR) is 70.7 cm³/mol. The fourth-order valence-corrected chi connectivity index (χ4v) is 2.86. The van der Waals surface area contributed by atoms with Crippen LogP contribution in [-0.2, 0) is 6.42 Å². The monoisotopic (exact) mass is 208 g/mol. The van der Waals surface area contributed by atoms with E-state index in [1.165, 1.54) is 45.9 Å². The van der Waals surface area contributed by atoms with Crippen LogP contribution in [0.1, 0.15) is 30.0 Å². The number of benzene rings is 2. The first-order valence-electron chi connectivity index (χ1n) is 5.98. The van der Waals surface area contributed by atoms with Crippen LogP contribution in [0, 0.1) is 6.92 Å². The molecule has 80 valence electrons. The smallest absolute Gasteiger partial charge is 0.00739 e. The molecule has 0 radical (unpaired) electrons. The highest BCUT2D eigenvalue weighted by molar-refractivity contribution is 5.99. The highest BCUT2D eigenvalue weighted by atomic mass is 14.2. The minimum Gasteiger partial charge on any atom is -0.0838 e. The molecular formula is C16H16. The number of allylic oxidation sites excluding steroid dienone is 2. The van der Waals surface area contributed by atoms with Crippen molar-refractivity contribution in [1.82, 2.24) is 0 Å². The third-order valence-electron chi connectivity index (χ3n) is 3.67. The first-order chi connectivity index (χ1) is 7.81. The van der Waals surface area contributed by atoms with Crippen molar-refractivity contribution in [3.8, 4) is 0 Å². The molecule has 1 aliphatic carbocycles. The van der Waals surface area contributed by atoms with Gasteiger partial charge in [0.15, 0.2) is 0 Å². The van der Waals surface area contributed by atoms with Crippen molar-refractivity contribution < 1.29 is 0 Å². The Morgan fingerprint density at radius 3 is 2.75 bits per heavy atom. The molecule has 0 saturated carbocycles. The zero-order valence-corrected chi connectivity index (χ0v) is 9.88. The Hall–Kier alpha value is -1.56. The number of hydrogen-bond donors (Lipinski definition) is 0. The lowest BCUT2D eigenvalue weighted by Gasteiger charge is -2.22. The zero-order valence-electron chi connectivity index (χ0n) is 9.88. The van der Waals surface area contributed by atoms with Gasteiger partial charge >= 0.3 is 0 Å². The number of rotatable bonds is 0. The molecule has 1 aliphatic rings. The third kappa shape index (κ3) is 1.23. The van der Waals surface area contributed by atoms with Gasteiger partial charge < -0.3 is 0 Å². The van der Waals surface area contributed by atoms with Crippen LogP contribution in [0.2, 0.25) is 0 Å². The summed E-state index contributed by atoms with van der Waals surface area (Å²) >= 11 is 0. The molecule has 0 spiro atoms. The second-order valence-corrected chi connectivity index (χ2v) is 4.59. The normalized spacial score (nSPS) is 17.0. The summed E-state index contributed by atoms with van der Waals surface area (Å²) in [5.41, 5.74) is 5.93. The van der Waals surface area contributed by atoms with Gasteiger partial charge in [0.05, 0.1) is 0 Å². The van der Waals surface area contributed by atoms with E-state index >= 15 is 0 Å².